The number of esters is 1. The monoisotopic (exact) mass is 195 g/mol. The fourth-order valence-corrected chi connectivity index (χ4v) is 0.542. The molecular weight excluding hydrogens is 182 g/mol. The molecule has 0 amide bonds. The van der Waals surface area contributed by atoms with Gasteiger partial charge in [0.2, 0.25) is 0 Å². The van der Waals surface area contributed by atoms with Gasteiger partial charge >= 0.3 is 5.97 Å². The Morgan fingerprint density at radius 3 is 2.25 bits per heavy atom. The minimum atomic E-state index is -0.411. The maximum atomic E-state index is 10.7. The lowest BCUT2D eigenvalue weighted by Crippen LogP contribution is -3.00. The van der Waals surface area contributed by atoms with Crippen LogP contribution in [0.25, 0.3) is 0 Å². The average Bonchev–Trinajstić information content (AvgIpc) is 1.87. The second-order valence-electron chi connectivity index (χ2n) is 1.80. The fourth-order valence-electron chi connectivity index (χ4n) is 0.542. The van der Waals surface area contributed by atoms with E-state index in [1.165, 1.54) is 6.08 Å². The van der Waals surface area contributed by atoms with Crippen molar-refractivity contribution in [2.75, 3.05) is 13.2 Å². The summed E-state index contributed by atoms with van der Waals surface area (Å²) in [5.74, 6) is -0.0723. The highest BCUT2D eigenvalue weighted by Crippen LogP contribution is 1.86. The molecule has 0 aromatic rings. The van der Waals surface area contributed by atoms with Gasteiger partial charge in [0, 0.05) is 0 Å². The molecule has 0 heterocycles. The molecule has 0 aliphatic rings. The van der Waals surface area contributed by atoms with E-state index in [1.54, 1.807) is 6.92 Å². The minimum Gasteiger partial charge on any atom is -1.00 e. The van der Waals surface area contributed by atoms with Gasteiger partial charge in [-0.2, -0.15) is 0 Å². The van der Waals surface area contributed by atoms with Gasteiger partial charge in [0.05, 0.1) is 13.2 Å². The lowest BCUT2D eigenvalue weighted by Gasteiger charge is -1.97. The van der Waals surface area contributed by atoms with E-state index in [0.717, 1.165) is 0 Å². The van der Waals surface area contributed by atoms with E-state index in [9.17, 15) is 4.79 Å². The number of hydrogen-bond donors (Lipinski definition) is 1. The highest BCUT2D eigenvalue weighted by atomic mass is 35.5. The fraction of sp³-hybridized carbons (Fsp3) is 0.571. The molecule has 0 bridgehead atoms. The van der Waals surface area contributed by atoms with E-state index in [2.05, 4.69) is 10.5 Å². The number of halogens is 1. The lowest BCUT2D eigenvalue weighted by atomic mass is 10.6. The average molecular weight is 196 g/mol. The summed E-state index contributed by atoms with van der Waals surface area (Å²) in [6, 6.07) is 0. The minimum absolute atomic E-state index is 0. The topological polar surface area (TPSA) is 63.2 Å². The van der Waals surface area contributed by atoms with Crippen LogP contribution in [-0.4, -0.2) is 19.2 Å². The highest BCUT2D eigenvalue weighted by molar-refractivity contribution is 5.81. The van der Waals surface area contributed by atoms with Crippen molar-refractivity contribution in [3.63, 3.8) is 0 Å². The number of carbonyl (C=O) groups excluding carboxylic acids is 1. The van der Waals surface area contributed by atoms with E-state index in [1.807, 2.05) is 6.92 Å². The third-order valence-corrected chi connectivity index (χ3v) is 0.895. The van der Waals surface area contributed by atoms with Crippen molar-refractivity contribution in [3.8, 4) is 0 Å². The van der Waals surface area contributed by atoms with E-state index in [0.29, 0.717) is 19.1 Å². The Hall–Kier alpha value is -0.740. The standard InChI is InChI=1S/C7H13NO3.ClH/c1-3-10-6(8)5-7(9)11-4-2;/h5H,3-4,8H2,1-2H3;1H. The summed E-state index contributed by atoms with van der Waals surface area (Å²) in [4.78, 5) is 10.7. The molecule has 0 saturated carbocycles. The van der Waals surface area contributed by atoms with E-state index in [-0.39, 0.29) is 12.4 Å². The normalized spacial score (nSPS) is 10.1. The molecule has 12 heavy (non-hydrogen) atoms. The summed E-state index contributed by atoms with van der Waals surface area (Å²) in [6.07, 6.45) is 1.23. The largest absolute Gasteiger partial charge is 1.00 e. The quantitative estimate of drug-likeness (QED) is 0.290. The van der Waals surface area contributed by atoms with Gasteiger partial charge in [-0.1, -0.05) is 0 Å². The smallest absolute Gasteiger partial charge is 0.340 e. The Morgan fingerprint density at radius 1 is 1.33 bits per heavy atom. The van der Waals surface area contributed by atoms with Crippen LogP contribution in [0.1, 0.15) is 13.8 Å². The van der Waals surface area contributed by atoms with E-state index < -0.39 is 5.97 Å². The zero-order chi connectivity index (χ0) is 8.69. The maximum Gasteiger partial charge on any atom is 0.340 e. The Bertz CT molecular complexity index is 159. The SMILES string of the molecule is CCOC(=O)C=C([NH3+])OCC.[Cl-]. The highest BCUT2D eigenvalue weighted by Gasteiger charge is 2.00. The summed E-state index contributed by atoms with van der Waals surface area (Å²) in [7, 11) is 0. The first-order valence-corrected chi connectivity index (χ1v) is 3.53. The van der Waals surface area contributed by atoms with Crippen molar-refractivity contribution in [2.24, 2.45) is 0 Å². The summed E-state index contributed by atoms with van der Waals surface area (Å²) >= 11 is 0. The molecule has 0 aliphatic heterocycles. The predicted molar refractivity (Wildman–Crippen MR) is 39.2 cm³/mol. The molecule has 0 rings (SSSR count). The number of rotatable bonds is 4. The van der Waals surface area contributed by atoms with Crippen LogP contribution < -0.4 is 18.1 Å². The second kappa shape index (κ2) is 8.36. The molecule has 0 saturated heterocycles. The first kappa shape index (κ1) is 13.8. The molecule has 3 N–H and O–H groups in total. The summed E-state index contributed by atoms with van der Waals surface area (Å²) in [6.45, 7) is 4.45. The van der Waals surface area contributed by atoms with Gasteiger partial charge in [0.15, 0.2) is 0 Å². The summed E-state index contributed by atoms with van der Waals surface area (Å²) < 4.78 is 9.53. The third-order valence-electron chi connectivity index (χ3n) is 0.895. The van der Waals surface area contributed by atoms with E-state index in [4.69, 9.17) is 4.74 Å². The molecule has 5 heteroatoms. The van der Waals surface area contributed by atoms with Crippen LogP contribution in [0.4, 0.5) is 0 Å². The zero-order valence-corrected chi connectivity index (χ0v) is 8.06. The molecule has 4 nitrogen and oxygen atoms in total. The number of ether oxygens (including phenoxy) is 2. The molecular formula is C7H14ClNO3. The summed E-state index contributed by atoms with van der Waals surface area (Å²) in [5.41, 5.74) is 3.49. The molecule has 0 fully saturated rings. The van der Waals surface area contributed by atoms with Gasteiger partial charge in [0.1, 0.15) is 6.08 Å². The Kier molecular flexibility index (Phi) is 9.63. The van der Waals surface area contributed by atoms with Crippen LogP contribution in [0.3, 0.4) is 0 Å². The van der Waals surface area contributed by atoms with Crippen LogP contribution in [0.15, 0.2) is 12.0 Å². The Balaban J connectivity index is 0. The molecule has 72 valence electrons. The molecule has 0 aromatic carbocycles. The lowest BCUT2D eigenvalue weighted by molar-refractivity contribution is -0.356. The number of carbonyl (C=O) groups is 1. The van der Waals surface area contributed by atoms with Crippen LogP contribution in [0, 0.1) is 0 Å². The Morgan fingerprint density at radius 2 is 1.83 bits per heavy atom. The first-order valence-electron chi connectivity index (χ1n) is 3.53. The predicted octanol–water partition coefficient (Wildman–Crippen LogP) is -3.33. The van der Waals surface area contributed by atoms with Crippen molar-refractivity contribution >= 4 is 5.97 Å². The van der Waals surface area contributed by atoms with Crippen molar-refractivity contribution in [3.05, 3.63) is 12.0 Å². The zero-order valence-electron chi connectivity index (χ0n) is 7.30. The Labute approximate surface area is 78.1 Å². The van der Waals surface area contributed by atoms with Crippen molar-refractivity contribution in [2.45, 2.75) is 13.8 Å². The van der Waals surface area contributed by atoms with Crippen LogP contribution in [0.2, 0.25) is 0 Å². The molecule has 0 aromatic heterocycles. The van der Waals surface area contributed by atoms with Crippen molar-refractivity contribution < 1.29 is 32.4 Å². The van der Waals surface area contributed by atoms with Crippen LogP contribution >= 0.6 is 0 Å². The van der Waals surface area contributed by atoms with Crippen molar-refractivity contribution in [1.29, 1.82) is 0 Å². The second-order valence-corrected chi connectivity index (χ2v) is 1.80. The third kappa shape index (κ3) is 7.37. The van der Waals surface area contributed by atoms with Gasteiger partial charge in [-0.05, 0) is 13.8 Å². The molecule has 0 aliphatic carbocycles. The van der Waals surface area contributed by atoms with Crippen LogP contribution in [0.5, 0.6) is 0 Å². The summed E-state index contributed by atoms with van der Waals surface area (Å²) in [5, 5.41) is 0. The molecule has 0 unspecified atom stereocenters. The van der Waals surface area contributed by atoms with Gasteiger partial charge in [-0.15, -0.1) is 0 Å². The van der Waals surface area contributed by atoms with E-state index >= 15 is 0 Å². The van der Waals surface area contributed by atoms with Crippen LogP contribution in [-0.2, 0) is 14.3 Å². The molecule has 0 radical (unpaired) electrons. The van der Waals surface area contributed by atoms with Gasteiger partial charge in [0.25, 0.3) is 5.88 Å². The molecule has 0 atom stereocenters. The number of quaternary nitrogens is 1. The van der Waals surface area contributed by atoms with Gasteiger partial charge in [-0.3, -0.25) is 5.73 Å². The van der Waals surface area contributed by atoms with Gasteiger partial charge < -0.3 is 21.9 Å². The molecule has 0 spiro atoms. The first-order chi connectivity index (χ1) is 5.20. The van der Waals surface area contributed by atoms with Crippen molar-refractivity contribution in [1.82, 2.24) is 0 Å². The maximum absolute atomic E-state index is 10.7. The number of hydrogen-bond acceptors (Lipinski definition) is 3. The van der Waals surface area contributed by atoms with Gasteiger partial charge in [-0.25, -0.2) is 4.79 Å².